The zero-order chi connectivity index (χ0) is 17.6. The zero-order valence-electron chi connectivity index (χ0n) is 15.7. The lowest BCUT2D eigenvalue weighted by atomic mass is 9.83. The van der Waals surface area contributed by atoms with Crippen LogP contribution in [0, 0.1) is 17.8 Å². The lowest BCUT2D eigenvalue weighted by Crippen LogP contribution is -2.26. The van der Waals surface area contributed by atoms with Crippen molar-refractivity contribution in [2.75, 3.05) is 19.8 Å². The first-order valence-corrected chi connectivity index (χ1v) is 8.76. The maximum Gasteiger partial charge on any atom is 0.123 e. The minimum absolute atomic E-state index is 0.0375. The summed E-state index contributed by atoms with van der Waals surface area (Å²) in [4.78, 5) is 0. The van der Waals surface area contributed by atoms with Crippen LogP contribution >= 0.6 is 0 Å². The third-order valence-corrected chi connectivity index (χ3v) is 4.32. The molecule has 3 heteroatoms. The van der Waals surface area contributed by atoms with Gasteiger partial charge in [0, 0.05) is 6.61 Å². The summed E-state index contributed by atoms with van der Waals surface area (Å²) in [5.74, 6) is 2.02. The topological polar surface area (TPSA) is 55.5 Å². The summed E-state index contributed by atoms with van der Waals surface area (Å²) in [5, 5.41) is 9.42. The van der Waals surface area contributed by atoms with E-state index in [0.717, 1.165) is 18.8 Å². The fourth-order valence-electron chi connectivity index (χ4n) is 2.70. The van der Waals surface area contributed by atoms with E-state index in [0.29, 0.717) is 18.4 Å². The van der Waals surface area contributed by atoms with Crippen LogP contribution < -0.4 is 10.5 Å². The highest BCUT2D eigenvalue weighted by Gasteiger charge is 2.21. The molecule has 0 saturated heterocycles. The maximum absolute atomic E-state index is 9.42. The van der Waals surface area contributed by atoms with Crippen molar-refractivity contribution in [1.29, 1.82) is 0 Å². The molecule has 0 amide bonds. The molecule has 1 rings (SSSR count). The van der Waals surface area contributed by atoms with Crippen molar-refractivity contribution in [1.82, 2.24) is 0 Å². The second kappa shape index (κ2) is 8.70. The van der Waals surface area contributed by atoms with Gasteiger partial charge in [-0.3, -0.25) is 0 Å². The van der Waals surface area contributed by atoms with Gasteiger partial charge in [-0.1, -0.05) is 53.7 Å². The summed E-state index contributed by atoms with van der Waals surface area (Å²) in [6.45, 7) is 14.5. The molecule has 2 unspecified atom stereocenters. The van der Waals surface area contributed by atoms with Crippen molar-refractivity contribution in [3.8, 4) is 5.75 Å². The molecular weight excluding hydrogens is 286 g/mol. The van der Waals surface area contributed by atoms with Crippen molar-refractivity contribution in [3.05, 3.63) is 29.3 Å². The molecule has 0 fully saturated rings. The van der Waals surface area contributed by atoms with Crippen LogP contribution in [0.1, 0.15) is 52.7 Å². The van der Waals surface area contributed by atoms with E-state index >= 15 is 0 Å². The van der Waals surface area contributed by atoms with Gasteiger partial charge in [0.1, 0.15) is 5.75 Å². The molecule has 0 bridgehead atoms. The number of hydrogen-bond donors (Lipinski definition) is 2. The van der Waals surface area contributed by atoms with Crippen LogP contribution in [0.25, 0.3) is 0 Å². The van der Waals surface area contributed by atoms with Gasteiger partial charge < -0.3 is 15.6 Å². The molecule has 0 radical (unpaired) electrons. The molecule has 0 spiro atoms. The van der Waals surface area contributed by atoms with E-state index in [-0.39, 0.29) is 17.9 Å². The van der Waals surface area contributed by atoms with E-state index in [9.17, 15) is 5.11 Å². The Kier molecular flexibility index (Phi) is 7.56. The van der Waals surface area contributed by atoms with Crippen LogP contribution in [-0.2, 0) is 11.8 Å². The SMILES string of the molecule is CC(C)COc1ccc(CC(C)C(CN)CO)cc1C(C)(C)C. The highest BCUT2D eigenvalue weighted by Crippen LogP contribution is 2.33. The Balaban J connectivity index is 2.99. The van der Waals surface area contributed by atoms with Gasteiger partial charge in [-0.25, -0.2) is 0 Å². The number of ether oxygens (including phenoxy) is 1. The van der Waals surface area contributed by atoms with E-state index in [1.165, 1.54) is 11.1 Å². The number of aliphatic hydroxyl groups is 1. The molecule has 0 aromatic heterocycles. The van der Waals surface area contributed by atoms with E-state index in [4.69, 9.17) is 10.5 Å². The van der Waals surface area contributed by atoms with Crippen LogP contribution in [0.15, 0.2) is 18.2 Å². The standard InChI is InChI=1S/C20H35NO2/c1-14(2)13-23-19-8-7-16(10-18(19)20(4,5)6)9-15(3)17(11-21)12-22/h7-8,10,14-15,17,22H,9,11-13,21H2,1-6H3. The summed E-state index contributed by atoms with van der Waals surface area (Å²) in [7, 11) is 0. The molecule has 0 aliphatic carbocycles. The lowest BCUT2D eigenvalue weighted by molar-refractivity contribution is 0.187. The molecule has 0 saturated carbocycles. The smallest absolute Gasteiger partial charge is 0.123 e. The summed E-state index contributed by atoms with van der Waals surface area (Å²) in [6.07, 6.45) is 0.927. The summed E-state index contributed by atoms with van der Waals surface area (Å²) in [6, 6.07) is 6.50. The lowest BCUT2D eigenvalue weighted by Gasteiger charge is -2.26. The molecule has 1 aromatic carbocycles. The average Bonchev–Trinajstić information content (AvgIpc) is 2.46. The quantitative estimate of drug-likeness (QED) is 0.766. The van der Waals surface area contributed by atoms with Gasteiger partial charge in [-0.2, -0.15) is 0 Å². The van der Waals surface area contributed by atoms with E-state index in [1.54, 1.807) is 0 Å². The third kappa shape index (κ3) is 6.15. The Morgan fingerprint density at radius 1 is 1.17 bits per heavy atom. The van der Waals surface area contributed by atoms with Crippen molar-refractivity contribution < 1.29 is 9.84 Å². The Hall–Kier alpha value is -1.06. The first-order chi connectivity index (χ1) is 10.7. The molecular formula is C20H35NO2. The fraction of sp³-hybridized carbons (Fsp3) is 0.700. The van der Waals surface area contributed by atoms with Crippen LogP contribution in [0.2, 0.25) is 0 Å². The van der Waals surface area contributed by atoms with Gasteiger partial charge in [0.05, 0.1) is 6.61 Å². The van der Waals surface area contributed by atoms with Gasteiger partial charge in [0.15, 0.2) is 0 Å². The van der Waals surface area contributed by atoms with Crippen LogP contribution in [0.3, 0.4) is 0 Å². The summed E-state index contributed by atoms with van der Waals surface area (Å²) >= 11 is 0. The van der Waals surface area contributed by atoms with Gasteiger partial charge in [0.2, 0.25) is 0 Å². The molecule has 2 atom stereocenters. The van der Waals surface area contributed by atoms with E-state index in [2.05, 4.69) is 59.7 Å². The van der Waals surface area contributed by atoms with Crippen molar-refractivity contribution in [2.24, 2.45) is 23.5 Å². The molecule has 3 N–H and O–H groups in total. The highest BCUT2D eigenvalue weighted by atomic mass is 16.5. The second-order valence-electron chi connectivity index (χ2n) is 8.15. The van der Waals surface area contributed by atoms with Crippen molar-refractivity contribution >= 4 is 0 Å². The van der Waals surface area contributed by atoms with Gasteiger partial charge in [-0.05, 0) is 53.3 Å². The van der Waals surface area contributed by atoms with Crippen LogP contribution in [0.5, 0.6) is 5.75 Å². The fourth-order valence-corrected chi connectivity index (χ4v) is 2.70. The van der Waals surface area contributed by atoms with Crippen LogP contribution in [-0.4, -0.2) is 24.9 Å². The molecule has 0 aliphatic heterocycles. The monoisotopic (exact) mass is 321 g/mol. The highest BCUT2D eigenvalue weighted by molar-refractivity contribution is 5.41. The van der Waals surface area contributed by atoms with Crippen molar-refractivity contribution in [3.63, 3.8) is 0 Å². The van der Waals surface area contributed by atoms with Crippen molar-refractivity contribution in [2.45, 2.75) is 53.4 Å². The minimum Gasteiger partial charge on any atom is -0.493 e. The summed E-state index contributed by atoms with van der Waals surface area (Å²) < 4.78 is 6.01. The van der Waals surface area contributed by atoms with Gasteiger partial charge >= 0.3 is 0 Å². The third-order valence-electron chi connectivity index (χ3n) is 4.32. The molecule has 1 aromatic rings. The maximum atomic E-state index is 9.42. The normalized spacial score (nSPS) is 14.8. The van der Waals surface area contributed by atoms with E-state index < -0.39 is 0 Å². The number of hydrogen-bond acceptors (Lipinski definition) is 3. The van der Waals surface area contributed by atoms with Crippen LogP contribution in [0.4, 0.5) is 0 Å². The largest absolute Gasteiger partial charge is 0.493 e. The first-order valence-electron chi connectivity index (χ1n) is 8.76. The molecule has 0 heterocycles. The summed E-state index contributed by atoms with van der Waals surface area (Å²) in [5.41, 5.74) is 8.32. The Morgan fingerprint density at radius 3 is 2.30 bits per heavy atom. The van der Waals surface area contributed by atoms with E-state index in [1.807, 2.05) is 0 Å². The zero-order valence-corrected chi connectivity index (χ0v) is 15.7. The Bertz CT molecular complexity index is 473. The number of aliphatic hydroxyl groups excluding tert-OH is 1. The molecule has 0 aliphatic rings. The number of benzene rings is 1. The first kappa shape index (κ1) is 20.0. The predicted molar refractivity (Wildman–Crippen MR) is 98.0 cm³/mol. The average molecular weight is 322 g/mol. The second-order valence-corrected chi connectivity index (χ2v) is 8.15. The minimum atomic E-state index is 0.0375. The Labute approximate surface area is 142 Å². The van der Waals surface area contributed by atoms with Gasteiger partial charge in [0.25, 0.3) is 0 Å². The van der Waals surface area contributed by atoms with Gasteiger partial charge in [-0.15, -0.1) is 0 Å². The predicted octanol–water partition coefficient (Wildman–Crippen LogP) is 3.76. The molecule has 3 nitrogen and oxygen atoms in total. The number of rotatable bonds is 8. The molecule has 132 valence electrons. The molecule has 23 heavy (non-hydrogen) atoms. The Morgan fingerprint density at radius 2 is 1.83 bits per heavy atom. The number of nitrogens with two attached hydrogens (primary N) is 1.